The molecule has 5 heteroatoms. The summed E-state index contributed by atoms with van der Waals surface area (Å²) in [4.78, 5) is 12.1. The van der Waals surface area contributed by atoms with E-state index in [0.717, 1.165) is 13.0 Å². The van der Waals surface area contributed by atoms with Crippen molar-refractivity contribution < 1.29 is 13.9 Å². The summed E-state index contributed by atoms with van der Waals surface area (Å²) < 4.78 is 18.5. The Bertz CT molecular complexity index is 465. The molecule has 0 spiro atoms. The number of carbonyl (C=O) groups excluding carboxylic acids is 1. The molecule has 0 radical (unpaired) electrons. The second-order valence-electron chi connectivity index (χ2n) is 4.76. The molecular weight excluding hydrogens is 247 g/mol. The van der Waals surface area contributed by atoms with E-state index in [1.165, 1.54) is 18.2 Å². The summed E-state index contributed by atoms with van der Waals surface area (Å²) >= 11 is 0. The quantitative estimate of drug-likeness (QED) is 0.878. The van der Waals surface area contributed by atoms with Gasteiger partial charge in [0, 0.05) is 6.07 Å². The average molecular weight is 266 g/mol. The van der Waals surface area contributed by atoms with Gasteiger partial charge in [-0.2, -0.15) is 0 Å². The molecule has 1 fully saturated rings. The summed E-state index contributed by atoms with van der Waals surface area (Å²) in [5.74, 6) is 0.184. The predicted octanol–water partition coefficient (Wildman–Crippen LogP) is 2.16. The molecular formula is C14H19FN2O2. The maximum absolute atomic E-state index is 13.2. The fourth-order valence-electron chi connectivity index (χ4n) is 2.27. The number of hydrogen-bond acceptors (Lipinski definition) is 3. The largest absolute Gasteiger partial charge is 0.492 e. The van der Waals surface area contributed by atoms with Gasteiger partial charge in [0.25, 0.3) is 0 Å². The smallest absolute Gasteiger partial charge is 0.241 e. The van der Waals surface area contributed by atoms with Crippen LogP contribution in [0.25, 0.3) is 0 Å². The van der Waals surface area contributed by atoms with Gasteiger partial charge in [-0.05, 0) is 37.9 Å². The lowest BCUT2D eigenvalue weighted by atomic mass is 10.0. The molecule has 19 heavy (non-hydrogen) atoms. The molecule has 0 saturated carbocycles. The number of nitrogens with one attached hydrogen (secondary N) is 2. The lowest BCUT2D eigenvalue weighted by molar-refractivity contribution is -0.118. The van der Waals surface area contributed by atoms with Crippen molar-refractivity contribution in [3.63, 3.8) is 0 Å². The Labute approximate surface area is 112 Å². The number of hydrogen-bond donors (Lipinski definition) is 2. The van der Waals surface area contributed by atoms with Gasteiger partial charge in [0.15, 0.2) is 0 Å². The number of halogens is 1. The van der Waals surface area contributed by atoms with Crippen LogP contribution >= 0.6 is 0 Å². The second-order valence-corrected chi connectivity index (χ2v) is 4.76. The molecule has 1 aliphatic rings. The Morgan fingerprint density at radius 3 is 3.00 bits per heavy atom. The van der Waals surface area contributed by atoms with Crippen LogP contribution in [0, 0.1) is 11.7 Å². The number of amides is 1. The molecule has 1 saturated heterocycles. The first-order valence-electron chi connectivity index (χ1n) is 6.58. The van der Waals surface area contributed by atoms with Crippen molar-refractivity contribution in [2.24, 2.45) is 5.92 Å². The fraction of sp³-hybridized carbons (Fsp3) is 0.500. The van der Waals surface area contributed by atoms with Crippen LogP contribution in [0.15, 0.2) is 18.2 Å². The Morgan fingerprint density at radius 1 is 1.58 bits per heavy atom. The lowest BCUT2D eigenvalue weighted by Crippen LogP contribution is -2.39. The first-order chi connectivity index (χ1) is 9.11. The van der Waals surface area contributed by atoms with Crippen LogP contribution in [0.1, 0.15) is 20.3 Å². The Kier molecular flexibility index (Phi) is 4.37. The predicted molar refractivity (Wildman–Crippen MR) is 71.8 cm³/mol. The monoisotopic (exact) mass is 266 g/mol. The van der Waals surface area contributed by atoms with Gasteiger partial charge in [-0.3, -0.25) is 4.79 Å². The SMILES string of the molecule is CCOc1cc(F)ccc1NC(=O)C1NCCC1C. The van der Waals surface area contributed by atoms with Crippen LogP contribution < -0.4 is 15.4 Å². The number of anilines is 1. The molecule has 2 unspecified atom stereocenters. The van der Waals surface area contributed by atoms with Crippen LogP contribution in [-0.2, 0) is 4.79 Å². The maximum atomic E-state index is 13.2. The molecule has 2 atom stereocenters. The van der Waals surface area contributed by atoms with E-state index < -0.39 is 0 Å². The van der Waals surface area contributed by atoms with Crippen LogP contribution in [-0.4, -0.2) is 25.1 Å². The second kappa shape index (κ2) is 6.02. The Balaban J connectivity index is 2.11. The highest BCUT2D eigenvalue weighted by atomic mass is 19.1. The minimum absolute atomic E-state index is 0.0995. The molecule has 2 N–H and O–H groups in total. The van der Waals surface area contributed by atoms with E-state index in [-0.39, 0.29) is 17.8 Å². The topological polar surface area (TPSA) is 50.4 Å². The summed E-state index contributed by atoms with van der Waals surface area (Å²) in [5, 5.41) is 5.96. The first kappa shape index (κ1) is 13.8. The van der Waals surface area contributed by atoms with Gasteiger partial charge in [0.1, 0.15) is 11.6 Å². The summed E-state index contributed by atoms with van der Waals surface area (Å²) in [6.45, 7) is 5.13. The lowest BCUT2D eigenvalue weighted by Gasteiger charge is -2.17. The highest BCUT2D eigenvalue weighted by molar-refractivity contribution is 5.96. The zero-order valence-corrected chi connectivity index (χ0v) is 11.2. The van der Waals surface area contributed by atoms with E-state index in [2.05, 4.69) is 10.6 Å². The molecule has 0 aliphatic carbocycles. The summed E-state index contributed by atoms with van der Waals surface area (Å²) in [6.07, 6.45) is 0.986. The van der Waals surface area contributed by atoms with Crippen molar-refractivity contribution in [3.05, 3.63) is 24.0 Å². The Hall–Kier alpha value is -1.62. The van der Waals surface area contributed by atoms with Gasteiger partial charge >= 0.3 is 0 Å². The highest BCUT2D eigenvalue weighted by Crippen LogP contribution is 2.26. The van der Waals surface area contributed by atoms with E-state index in [1.807, 2.05) is 13.8 Å². The minimum atomic E-state index is -0.381. The summed E-state index contributed by atoms with van der Waals surface area (Å²) in [7, 11) is 0. The normalized spacial score (nSPS) is 22.3. The van der Waals surface area contributed by atoms with E-state index in [0.29, 0.717) is 24.0 Å². The molecule has 104 valence electrons. The first-order valence-corrected chi connectivity index (χ1v) is 6.58. The van der Waals surface area contributed by atoms with Crippen LogP contribution in [0.4, 0.5) is 10.1 Å². The molecule has 1 amide bonds. The zero-order valence-electron chi connectivity index (χ0n) is 11.2. The number of benzene rings is 1. The van der Waals surface area contributed by atoms with Gasteiger partial charge in [-0.1, -0.05) is 6.92 Å². The molecule has 1 aromatic rings. The molecule has 4 nitrogen and oxygen atoms in total. The van der Waals surface area contributed by atoms with E-state index in [4.69, 9.17) is 4.74 Å². The van der Waals surface area contributed by atoms with Crippen LogP contribution in [0.3, 0.4) is 0 Å². The van der Waals surface area contributed by atoms with Gasteiger partial charge in [-0.25, -0.2) is 4.39 Å². The maximum Gasteiger partial charge on any atom is 0.241 e. The average Bonchev–Trinajstić information content (AvgIpc) is 2.79. The van der Waals surface area contributed by atoms with Crippen LogP contribution in [0.5, 0.6) is 5.75 Å². The van der Waals surface area contributed by atoms with Gasteiger partial charge in [0.2, 0.25) is 5.91 Å². The van der Waals surface area contributed by atoms with E-state index in [9.17, 15) is 9.18 Å². The summed E-state index contributed by atoms with van der Waals surface area (Å²) in [5.41, 5.74) is 0.508. The van der Waals surface area contributed by atoms with Crippen molar-refractivity contribution in [1.29, 1.82) is 0 Å². The molecule has 1 aromatic carbocycles. The highest BCUT2D eigenvalue weighted by Gasteiger charge is 2.29. The van der Waals surface area contributed by atoms with Crippen LogP contribution in [0.2, 0.25) is 0 Å². The minimum Gasteiger partial charge on any atom is -0.492 e. The van der Waals surface area contributed by atoms with Crippen molar-refractivity contribution in [3.8, 4) is 5.75 Å². The third kappa shape index (κ3) is 3.23. The zero-order chi connectivity index (χ0) is 13.8. The number of ether oxygens (including phenoxy) is 1. The Morgan fingerprint density at radius 2 is 2.37 bits per heavy atom. The van der Waals surface area contributed by atoms with Gasteiger partial charge in [0.05, 0.1) is 18.3 Å². The van der Waals surface area contributed by atoms with E-state index >= 15 is 0 Å². The fourth-order valence-corrected chi connectivity index (χ4v) is 2.27. The number of rotatable bonds is 4. The molecule has 1 aliphatic heterocycles. The molecule has 0 aromatic heterocycles. The van der Waals surface area contributed by atoms with Gasteiger partial charge < -0.3 is 15.4 Å². The number of carbonyl (C=O) groups is 1. The van der Waals surface area contributed by atoms with Crippen molar-refractivity contribution in [2.75, 3.05) is 18.5 Å². The molecule has 1 heterocycles. The van der Waals surface area contributed by atoms with E-state index in [1.54, 1.807) is 0 Å². The van der Waals surface area contributed by atoms with Crippen molar-refractivity contribution in [1.82, 2.24) is 5.32 Å². The standard InChI is InChI=1S/C14H19FN2O2/c1-3-19-12-8-10(15)4-5-11(12)17-14(18)13-9(2)6-7-16-13/h4-5,8-9,13,16H,3,6-7H2,1-2H3,(H,17,18). The molecule has 2 rings (SSSR count). The van der Waals surface area contributed by atoms with Gasteiger partial charge in [-0.15, -0.1) is 0 Å². The summed E-state index contributed by atoms with van der Waals surface area (Å²) in [6, 6.07) is 3.92. The third-order valence-electron chi connectivity index (χ3n) is 3.32. The van der Waals surface area contributed by atoms with Crippen molar-refractivity contribution >= 4 is 11.6 Å². The molecule has 0 bridgehead atoms. The third-order valence-corrected chi connectivity index (χ3v) is 3.32. The van der Waals surface area contributed by atoms with Crippen molar-refractivity contribution in [2.45, 2.75) is 26.3 Å².